The first kappa shape index (κ1) is 22.7. The van der Waals surface area contributed by atoms with Crippen molar-refractivity contribution in [1.29, 1.82) is 0 Å². The summed E-state index contributed by atoms with van der Waals surface area (Å²) < 4.78 is 18.9. The number of rotatable bonds is 1. The van der Waals surface area contributed by atoms with E-state index in [-0.39, 0.29) is 0 Å². The molecule has 5 aromatic rings. The summed E-state index contributed by atoms with van der Waals surface area (Å²) in [4.78, 5) is 2.55. The largest absolute Gasteiger partial charge is 0.494 e. The van der Waals surface area contributed by atoms with E-state index in [4.69, 9.17) is 13.7 Å². The lowest BCUT2D eigenvalue weighted by atomic mass is 9.65. The molecular formula is C33H27BO3S. The van der Waals surface area contributed by atoms with Gasteiger partial charge in [-0.15, -0.1) is 0 Å². The highest BCUT2D eigenvalue weighted by atomic mass is 32.2. The van der Waals surface area contributed by atoms with E-state index in [1.165, 1.54) is 43.2 Å². The topological polar surface area (TPSA) is 31.6 Å². The van der Waals surface area contributed by atoms with Crippen molar-refractivity contribution in [3.05, 3.63) is 113 Å². The van der Waals surface area contributed by atoms with Gasteiger partial charge in [0.15, 0.2) is 0 Å². The van der Waals surface area contributed by atoms with Gasteiger partial charge in [0.1, 0.15) is 5.58 Å². The number of fused-ring (bicyclic) bond motifs is 11. The van der Waals surface area contributed by atoms with Crippen LogP contribution in [0.1, 0.15) is 49.9 Å². The van der Waals surface area contributed by atoms with Crippen LogP contribution in [-0.2, 0) is 14.7 Å². The zero-order chi connectivity index (χ0) is 25.9. The number of hydrogen-bond donors (Lipinski definition) is 0. The minimum absolute atomic E-state index is 0.397. The molecule has 1 fully saturated rings. The molecule has 186 valence electrons. The molecule has 0 amide bonds. The van der Waals surface area contributed by atoms with Gasteiger partial charge >= 0.3 is 7.12 Å². The molecule has 0 bridgehead atoms. The number of benzene rings is 4. The normalized spacial score (nSPS) is 21.8. The van der Waals surface area contributed by atoms with Crippen LogP contribution in [0.4, 0.5) is 0 Å². The predicted molar refractivity (Wildman–Crippen MR) is 153 cm³/mol. The molecule has 1 unspecified atom stereocenters. The van der Waals surface area contributed by atoms with Crippen LogP contribution in [0.15, 0.2) is 105 Å². The molecule has 1 spiro atoms. The SMILES string of the molecule is CC1(C)OB(c2ccc3c(c2)C2(c4ccccc4S3)c3ccccc3-c3c2ccc2occc32)OC1(C)C. The first-order valence-electron chi connectivity index (χ1n) is 13.2. The van der Waals surface area contributed by atoms with Gasteiger partial charge in [0.05, 0.1) is 22.9 Å². The maximum absolute atomic E-state index is 6.51. The first-order chi connectivity index (χ1) is 18.3. The average Bonchev–Trinajstić information content (AvgIpc) is 3.56. The van der Waals surface area contributed by atoms with Gasteiger partial charge in [-0.2, -0.15) is 0 Å². The molecule has 5 heteroatoms. The minimum atomic E-state index is -0.450. The Labute approximate surface area is 227 Å². The third-order valence-corrected chi connectivity index (χ3v) is 10.2. The summed E-state index contributed by atoms with van der Waals surface area (Å²) in [5, 5.41) is 1.16. The van der Waals surface area contributed by atoms with E-state index in [9.17, 15) is 0 Å². The van der Waals surface area contributed by atoms with Gasteiger partial charge < -0.3 is 13.7 Å². The Morgan fingerprint density at radius 2 is 1.37 bits per heavy atom. The monoisotopic (exact) mass is 514 g/mol. The molecule has 4 aromatic carbocycles. The Hall–Kier alpha value is -3.25. The van der Waals surface area contributed by atoms with Crippen LogP contribution in [0.3, 0.4) is 0 Å². The lowest BCUT2D eigenvalue weighted by molar-refractivity contribution is 0.00578. The molecule has 1 aliphatic carbocycles. The van der Waals surface area contributed by atoms with Gasteiger partial charge in [-0.3, -0.25) is 0 Å². The second-order valence-corrected chi connectivity index (χ2v) is 12.6. The van der Waals surface area contributed by atoms with Gasteiger partial charge in [-0.05, 0) is 90.8 Å². The summed E-state index contributed by atoms with van der Waals surface area (Å²) in [5.41, 5.74) is 8.46. The van der Waals surface area contributed by atoms with Crippen molar-refractivity contribution in [2.45, 2.75) is 54.1 Å². The fourth-order valence-corrected chi connectivity index (χ4v) is 7.76. The van der Waals surface area contributed by atoms with Gasteiger partial charge in [0.25, 0.3) is 0 Å². The Balaban J connectivity index is 1.46. The molecule has 3 nitrogen and oxygen atoms in total. The summed E-state index contributed by atoms with van der Waals surface area (Å²) in [5.74, 6) is 0. The van der Waals surface area contributed by atoms with E-state index >= 15 is 0 Å². The molecule has 8 rings (SSSR count). The van der Waals surface area contributed by atoms with Crippen molar-refractivity contribution in [1.82, 2.24) is 0 Å². The van der Waals surface area contributed by atoms with Crippen molar-refractivity contribution in [2.75, 3.05) is 0 Å². The lowest BCUT2D eigenvalue weighted by Gasteiger charge is -2.40. The average molecular weight is 514 g/mol. The van der Waals surface area contributed by atoms with Crippen LogP contribution in [0.25, 0.3) is 22.1 Å². The van der Waals surface area contributed by atoms with Gasteiger partial charge in [0, 0.05) is 15.2 Å². The molecule has 0 N–H and O–H groups in total. The van der Waals surface area contributed by atoms with Crippen LogP contribution >= 0.6 is 11.8 Å². The van der Waals surface area contributed by atoms with Crippen molar-refractivity contribution >= 4 is 35.3 Å². The summed E-state index contributed by atoms with van der Waals surface area (Å²) in [7, 11) is -0.419. The molecule has 1 saturated heterocycles. The number of furan rings is 1. The fourth-order valence-electron chi connectivity index (χ4n) is 6.58. The van der Waals surface area contributed by atoms with Crippen LogP contribution in [0, 0.1) is 0 Å². The predicted octanol–water partition coefficient (Wildman–Crippen LogP) is 7.56. The molecule has 1 atom stereocenters. The van der Waals surface area contributed by atoms with Crippen molar-refractivity contribution in [3.8, 4) is 11.1 Å². The van der Waals surface area contributed by atoms with E-state index in [1.54, 1.807) is 6.26 Å². The van der Waals surface area contributed by atoms with E-state index < -0.39 is 23.7 Å². The Morgan fingerprint density at radius 1 is 0.658 bits per heavy atom. The zero-order valence-corrected chi connectivity index (χ0v) is 22.7. The maximum atomic E-state index is 6.51. The molecule has 3 heterocycles. The van der Waals surface area contributed by atoms with Crippen LogP contribution < -0.4 is 5.46 Å². The summed E-state index contributed by atoms with van der Waals surface area (Å²) in [6.45, 7) is 8.44. The van der Waals surface area contributed by atoms with E-state index in [2.05, 4.69) is 113 Å². The molecule has 38 heavy (non-hydrogen) atoms. The highest BCUT2D eigenvalue weighted by molar-refractivity contribution is 7.99. The standard InChI is InChI=1S/C33H27BO3S/c1-31(2)32(3,4)37-34(36-31)20-13-16-29-26(19-20)33(24-11-7-8-12-28(24)38-29)23-10-6-5-9-21(23)30-22-17-18-35-27(22)15-14-25(30)33/h5-19H,1-4H3. The number of hydrogen-bond acceptors (Lipinski definition) is 4. The summed E-state index contributed by atoms with van der Waals surface area (Å²) in [6, 6.07) is 31.0. The van der Waals surface area contributed by atoms with E-state index in [0.717, 1.165) is 16.4 Å². The third kappa shape index (κ3) is 2.74. The highest BCUT2D eigenvalue weighted by Gasteiger charge is 2.54. The first-order valence-corrected chi connectivity index (χ1v) is 14.0. The molecule has 2 aliphatic heterocycles. The van der Waals surface area contributed by atoms with Gasteiger partial charge in [0.2, 0.25) is 0 Å². The third-order valence-electron chi connectivity index (χ3n) is 9.08. The lowest BCUT2D eigenvalue weighted by Crippen LogP contribution is -2.41. The molecule has 1 aromatic heterocycles. The van der Waals surface area contributed by atoms with Gasteiger partial charge in [-0.25, -0.2) is 0 Å². The fraction of sp³-hybridized carbons (Fsp3) is 0.212. The van der Waals surface area contributed by atoms with Crippen LogP contribution in [0.2, 0.25) is 0 Å². The molecule has 3 aliphatic rings. The quantitative estimate of drug-likeness (QED) is 0.212. The van der Waals surface area contributed by atoms with Gasteiger partial charge in [-0.1, -0.05) is 72.4 Å². The van der Waals surface area contributed by atoms with E-state index in [1.807, 2.05) is 11.8 Å². The Kier molecular flexibility index (Phi) is 4.45. The summed E-state index contributed by atoms with van der Waals surface area (Å²) >= 11 is 1.85. The molecule has 0 saturated carbocycles. The second-order valence-electron chi connectivity index (χ2n) is 11.6. The summed E-state index contributed by atoms with van der Waals surface area (Å²) in [6.07, 6.45) is 1.80. The molecule has 0 radical (unpaired) electrons. The van der Waals surface area contributed by atoms with E-state index in [0.29, 0.717) is 0 Å². The van der Waals surface area contributed by atoms with Crippen LogP contribution in [-0.4, -0.2) is 18.3 Å². The van der Waals surface area contributed by atoms with Crippen molar-refractivity contribution in [3.63, 3.8) is 0 Å². The minimum Gasteiger partial charge on any atom is -0.464 e. The smallest absolute Gasteiger partial charge is 0.464 e. The Morgan fingerprint density at radius 3 is 2.18 bits per heavy atom. The molecular weight excluding hydrogens is 487 g/mol. The Bertz CT molecular complexity index is 1770. The van der Waals surface area contributed by atoms with Crippen molar-refractivity contribution in [2.24, 2.45) is 0 Å². The van der Waals surface area contributed by atoms with Crippen LogP contribution in [0.5, 0.6) is 0 Å². The van der Waals surface area contributed by atoms with Crippen molar-refractivity contribution < 1.29 is 13.7 Å². The highest BCUT2D eigenvalue weighted by Crippen LogP contribution is 2.63. The second kappa shape index (κ2) is 7.44. The zero-order valence-electron chi connectivity index (χ0n) is 21.9. The maximum Gasteiger partial charge on any atom is 0.494 e.